The summed E-state index contributed by atoms with van der Waals surface area (Å²) in [6.07, 6.45) is 3.68. The smallest absolute Gasteiger partial charge is 0.197 e. The predicted octanol–water partition coefficient (Wildman–Crippen LogP) is 1.02. The van der Waals surface area contributed by atoms with E-state index in [0.717, 1.165) is 19.4 Å². The zero-order valence-electron chi connectivity index (χ0n) is 7.36. The minimum atomic E-state index is -0.00472. The maximum Gasteiger partial charge on any atom is 0.197 e. The number of hydrogen-bond acceptors (Lipinski definition) is 3. The molecule has 1 aliphatic rings. The van der Waals surface area contributed by atoms with Crippen LogP contribution < -0.4 is 5.32 Å². The summed E-state index contributed by atoms with van der Waals surface area (Å²) in [6, 6.07) is 5.42. The lowest BCUT2D eigenvalue weighted by Gasteiger charge is -2.06. The second-order valence-corrected chi connectivity index (χ2v) is 3.23. The molecule has 13 heavy (non-hydrogen) atoms. The van der Waals surface area contributed by atoms with Crippen LogP contribution in [-0.2, 0) is 0 Å². The number of nitrogens with zero attached hydrogens (tertiary/aromatic N) is 1. The van der Waals surface area contributed by atoms with Crippen molar-refractivity contribution in [1.82, 2.24) is 10.3 Å². The van der Waals surface area contributed by atoms with E-state index in [0.29, 0.717) is 5.69 Å². The number of nitrogens with one attached hydrogen (secondary N) is 1. The van der Waals surface area contributed by atoms with Crippen LogP contribution in [0.25, 0.3) is 0 Å². The molecule has 0 bridgehead atoms. The third-order valence-electron chi connectivity index (χ3n) is 2.29. The summed E-state index contributed by atoms with van der Waals surface area (Å²) in [7, 11) is 0. The van der Waals surface area contributed by atoms with E-state index in [9.17, 15) is 4.79 Å². The Morgan fingerprint density at radius 1 is 1.54 bits per heavy atom. The van der Waals surface area contributed by atoms with E-state index in [-0.39, 0.29) is 11.8 Å². The number of carbonyl (C=O) groups is 1. The van der Waals surface area contributed by atoms with Gasteiger partial charge in [-0.25, -0.2) is 0 Å². The van der Waals surface area contributed by atoms with E-state index >= 15 is 0 Å². The van der Waals surface area contributed by atoms with Crippen molar-refractivity contribution in [2.75, 3.05) is 6.54 Å². The minimum Gasteiger partial charge on any atom is -0.307 e. The molecular weight excluding hydrogens is 164 g/mol. The molecule has 1 N–H and O–H groups in total. The van der Waals surface area contributed by atoms with Crippen LogP contribution in [0.2, 0.25) is 0 Å². The fourth-order valence-electron chi connectivity index (χ4n) is 1.60. The van der Waals surface area contributed by atoms with Gasteiger partial charge in [0.1, 0.15) is 5.69 Å². The molecule has 1 unspecified atom stereocenters. The van der Waals surface area contributed by atoms with Crippen molar-refractivity contribution in [3.63, 3.8) is 0 Å². The molecule has 1 saturated heterocycles. The van der Waals surface area contributed by atoms with Gasteiger partial charge in [0.2, 0.25) is 0 Å². The van der Waals surface area contributed by atoms with Crippen LogP contribution in [0.1, 0.15) is 23.3 Å². The first-order valence-electron chi connectivity index (χ1n) is 4.56. The normalized spacial score (nSPS) is 21.7. The summed E-state index contributed by atoms with van der Waals surface area (Å²) in [5, 5.41) is 3.17. The van der Waals surface area contributed by atoms with Gasteiger partial charge in [0.15, 0.2) is 5.78 Å². The number of carbonyl (C=O) groups excluding carboxylic acids is 1. The molecule has 0 spiro atoms. The van der Waals surface area contributed by atoms with Gasteiger partial charge in [0.05, 0.1) is 6.04 Å². The topological polar surface area (TPSA) is 42.0 Å². The first-order valence-corrected chi connectivity index (χ1v) is 4.56. The van der Waals surface area contributed by atoms with Gasteiger partial charge in [0.25, 0.3) is 0 Å². The molecule has 1 atom stereocenters. The van der Waals surface area contributed by atoms with Crippen LogP contribution in [-0.4, -0.2) is 23.4 Å². The highest BCUT2D eigenvalue weighted by atomic mass is 16.1. The average Bonchev–Trinajstić information content (AvgIpc) is 2.71. The van der Waals surface area contributed by atoms with Crippen molar-refractivity contribution in [2.45, 2.75) is 18.9 Å². The summed E-state index contributed by atoms with van der Waals surface area (Å²) >= 11 is 0. The molecular formula is C10H12N2O. The number of aromatic nitrogens is 1. The van der Waals surface area contributed by atoms with Gasteiger partial charge in [-0.3, -0.25) is 9.78 Å². The molecule has 0 radical (unpaired) electrons. The summed E-state index contributed by atoms with van der Waals surface area (Å²) in [5.74, 6) is 0.123. The van der Waals surface area contributed by atoms with Crippen LogP contribution in [0.3, 0.4) is 0 Å². The zero-order chi connectivity index (χ0) is 9.10. The quantitative estimate of drug-likeness (QED) is 0.684. The molecule has 1 aliphatic heterocycles. The standard InChI is InChI=1S/C10H12N2O/c13-10(9-5-3-7-12-9)8-4-1-2-6-11-8/h1-2,4,6,9,12H,3,5,7H2. The van der Waals surface area contributed by atoms with Crippen molar-refractivity contribution < 1.29 is 4.79 Å². The molecule has 0 aromatic carbocycles. The lowest BCUT2D eigenvalue weighted by Crippen LogP contribution is -2.31. The van der Waals surface area contributed by atoms with Crippen molar-refractivity contribution in [3.8, 4) is 0 Å². The molecule has 1 aromatic heterocycles. The summed E-state index contributed by atoms with van der Waals surface area (Å²) in [4.78, 5) is 15.8. The Labute approximate surface area is 77.2 Å². The Hall–Kier alpha value is -1.22. The summed E-state index contributed by atoms with van der Waals surface area (Å²) in [6.45, 7) is 0.948. The van der Waals surface area contributed by atoms with Gasteiger partial charge in [-0.1, -0.05) is 6.07 Å². The van der Waals surface area contributed by atoms with E-state index in [1.165, 1.54) is 0 Å². The highest BCUT2D eigenvalue weighted by molar-refractivity contribution is 5.98. The zero-order valence-corrected chi connectivity index (χ0v) is 7.36. The van der Waals surface area contributed by atoms with Gasteiger partial charge in [-0.05, 0) is 31.5 Å². The lowest BCUT2D eigenvalue weighted by atomic mass is 10.1. The van der Waals surface area contributed by atoms with Crippen LogP contribution in [0, 0.1) is 0 Å². The largest absolute Gasteiger partial charge is 0.307 e. The highest BCUT2D eigenvalue weighted by Gasteiger charge is 2.23. The Balaban J connectivity index is 2.13. The van der Waals surface area contributed by atoms with E-state index in [1.54, 1.807) is 12.3 Å². The van der Waals surface area contributed by atoms with Crippen LogP contribution in [0.5, 0.6) is 0 Å². The molecule has 0 aliphatic carbocycles. The molecule has 68 valence electrons. The highest BCUT2D eigenvalue weighted by Crippen LogP contribution is 2.10. The van der Waals surface area contributed by atoms with Crippen LogP contribution >= 0.6 is 0 Å². The van der Waals surface area contributed by atoms with Crippen molar-refractivity contribution in [3.05, 3.63) is 30.1 Å². The second-order valence-electron chi connectivity index (χ2n) is 3.23. The van der Waals surface area contributed by atoms with Gasteiger partial charge < -0.3 is 5.32 Å². The maximum absolute atomic E-state index is 11.7. The third-order valence-corrected chi connectivity index (χ3v) is 2.29. The monoisotopic (exact) mass is 176 g/mol. The average molecular weight is 176 g/mol. The Bertz CT molecular complexity index is 291. The fourth-order valence-corrected chi connectivity index (χ4v) is 1.60. The van der Waals surface area contributed by atoms with E-state index in [2.05, 4.69) is 10.3 Å². The summed E-state index contributed by atoms with van der Waals surface area (Å²) in [5.41, 5.74) is 0.571. The Morgan fingerprint density at radius 3 is 3.08 bits per heavy atom. The van der Waals surface area contributed by atoms with Gasteiger partial charge in [-0.2, -0.15) is 0 Å². The first-order chi connectivity index (χ1) is 6.38. The van der Waals surface area contributed by atoms with E-state index < -0.39 is 0 Å². The molecule has 0 saturated carbocycles. The van der Waals surface area contributed by atoms with Gasteiger partial charge in [-0.15, -0.1) is 0 Å². The van der Waals surface area contributed by atoms with Crippen molar-refractivity contribution >= 4 is 5.78 Å². The first kappa shape index (κ1) is 8.38. The molecule has 0 amide bonds. The van der Waals surface area contributed by atoms with Gasteiger partial charge in [0, 0.05) is 6.20 Å². The maximum atomic E-state index is 11.7. The minimum absolute atomic E-state index is 0.00472. The second kappa shape index (κ2) is 3.66. The van der Waals surface area contributed by atoms with Gasteiger partial charge >= 0.3 is 0 Å². The third kappa shape index (κ3) is 1.75. The SMILES string of the molecule is O=C(c1ccccn1)C1CCCN1. The molecule has 1 fully saturated rings. The molecule has 2 heterocycles. The Kier molecular flexibility index (Phi) is 2.36. The number of pyridine rings is 1. The van der Waals surface area contributed by atoms with Crippen LogP contribution in [0.15, 0.2) is 24.4 Å². The fraction of sp³-hybridized carbons (Fsp3) is 0.400. The number of rotatable bonds is 2. The summed E-state index contributed by atoms with van der Waals surface area (Å²) < 4.78 is 0. The molecule has 1 aromatic rings. The van der Waals surface area contributed by atoms with Crippen molar-refractivity contribution in [2.24, 2.45) is 0 Å². The van der Waals surface area contributed by atoms with Crippen LogP contribution in [0.4, 0.5) is 0 Å². The molecule has 3 nitrogen and oxygen atoms in total. The van der Waals surface area contributed by atoms with Crippen molar-refractivity contribution in [1.29, 1.82) is 0 Å². The number of Topliss-reactive ketones (excluding diaryl/α,β-unsaturated/α-hetero) is 1. The molecule has 2 rings (SSSR count). The lowest BCUT2D eigenvalue weighted by molar-refractivity contribution is 0.0947. The number of hydrogen-bond donors (Lipinski definition) is 1. The van der Waals surface area contributed by atoms with E-state index in [1.807, 2.05) is 12.1 Å². The van der Waals surface area contributed by atoms with E-state index in [4.69, 9.17) is 0 Å². The predicted molar refractivity (Wildman–Crippen MR) is 49.6 cm³/mol. The number of ketones is 1. The molecule has 3 heteroatoms. The Morgan fingerprint density at radius 2 is 2.46 bits per heavy atom.